The van der Waals surface area contributed by atoms with E-state index in [1.807, 2.05) is 33.2 Å². The summed E-state index contributed by atoms with van der Waals surface area (Å²) in [7, 11) is 0. The number of aromatic nitrogens is 3. The summed E-state index contributed by atoms with van der Waals surface area (Å²) in [5, 5.41) is 0. The first kappa shape index (κ1) is 14.9. The van der Waals surface area contributed by atoms with Crippen molar-refractivity contribution < 1.29 is 0 Å². The Morgan fingerprint density at radius 3 is 2.91 bits per heavy atom. The maximum Gasteiger partial charge on any atom is 0.255 e. The van der Waals surface area contributed by atoms with Gasteiger partial charge in [0.2, 0.25) is 0 Å². The molecular formula is C17H22N4O. The number of hydrogen-bond donors (Lipinski definition) is 1. The minimum absolute atomic E-state index is 0.0146. The quantitative estimate of drug-likeness (QED) is 0.943. The Morgan fingerprint density at radius 1 is 1.36 bits per heavy atom. The molecule has 3 rings (SSSR count). The molecule has 0 aliphatic carbocycles. The van der Waals surface area contributed by atoms with Crippen LogP contribution in [-0.2, 0) is 19.5 Å². The average Bonchev–Trinajstić information content (AvgIpc) is 2.47. The molecule has 1 aliphatic heterocycles. The first-order valence-corrected chi connectivity index (χ1v) is 7.78. The number of aromatic amines is 1. The van der Waals surface area contributed by atoms with Crippen LogP contribution in [-0.4, -0.2) is 26.4 Å². The van der Waals surface area contributed by atoms with Gasteiger partial charge in [-0.2, -0.15) is 0 Å². The van der Waals surface area contributed by atoms with E-state index < -0.39 is 0 Å². The Balaban J connectivity index is 1.81. The monoisotopic (exact) mass is 298 g/mol. The fourth-order valence-corrected chi connectivity index (χ4v) is 2.87. The zero-order valence-corrected chi connectivity index (χ0v) is 13.4. The van der Waals surface area contributed by atoms with E-state index in [1.54, 1.807) is 0 Å². The minimum Gasteiger partial charge on any atom is -0.310 e. The lowest BCUT2D eigenvalue weighted by Crippen LogP contribution is -2.36. The summed E-state index contributed by atoms with van der Waals surface area (Å²) < 4.78 is 0. The third-order valence-electron chi connectivity index (χ3n) is 4.05. The first-order chi connectivity index (χ1) is 10.5. The Kier molecular flexibility index (Phi) is 4.07. The van der Waals surface area contributed by atoms with Gasteiger partial charge in [0.1, 0.15) is 5.82 Å². The number of nitrogens with zero attached hydrogens (tertiary/aromatic N) is 3. The molecule has 0 unspecified atom stereocenters. The fourth-order valence-electron chi connectivity index (χ4n) is 2.87. The summed E-state index contributed by atoms with van der Waals surface area (Å²) in [6.45, 7) is 8.54. The van der Waals surface area contributed by atoms with Gasteiger partial charge in [-0.3, -0.25) is 14.7 Å². The molecule has 0 bridgehead atoms. The molecule has 0 amide bonds. The van der Waals surface area contributed by atoms with Crippen molar-refractivity contribution in [3.8, 4) is 0 Å². The Morgan fingerprint density at radius 2 is 2.18 bits per heavy atom. The van der Waals surface area contributed by atoms with Crippen LogP contribution in [0.1, 0.15) is 48.0 Å². The molecule has 5 heteroatoms. The smallest absolute Gasteiger partial charge is 0.255 e. The molecule has 1 N–H and O–H groups in total. The van der Waals surface area contributed by atoms with Gasteiger partial charge in [0.15, 0.2) is 0 Å². The van der Waals surface area contributed by atoms with Crippen LogP contribution < -0.4 is 5.56 Å². The Labute approximate surface area is 130 Å². The van der Waals surface area contributed by atoms with E-state index in [2.05, 4.69) is 25.9 Å². The molecule has 22 heavy (non-hydrogen) atoms. The van der Waals surface area contributed by atoms with Crippen molar-refractivity contribution in [3.05, 3.63) is 57.0 Å². The van der Waals surface area contributed by atoms with Gasteiger partial charge in [-0.15, -0.1) is 0 Å². The molecule has 5 nitrogen and oxygen atoms in total. The van der Waals surface area contributed by atoms with Crippen molar-refractivity contribution in [1.29, 1.82) is 0 Å². The second-order valence-electron chi connectivity index (χ2n) is 6.36. The first-order valence-electron chi connectivity index (χ1n) is 7.78. The summed E-state index contributed by atoms with van der Waals surface area (Å²) in [6, 6.07) is 2.15. The predicted molar refractivity (Wildman–Crippen MR) is 85.7 cm³/mol. The second kappa shape index (κ2) is 6.01. The molecule has 0 saturated heterocycles. The van der Waals surface area contributed by atoms with Gasteiger partial charge in [-0.05, 0) is 18.1 Å². The molecule has 0 atom stereocenters. The van der Waals surface area contributed by atoms with Gasteiger partial charge in [0.05, 0.1) is 11.3 Å². The third kappa shape index (κ3) is 3.09. The van der Waals surface area contributed by atoms with Crippen molar-refractivity contribution in [2.45, 2.75) is 46.2 Å². The summed E-state index contributed by atoms with van der Waals surface area (Å²) in [5.41, 5.74) is 4.14. The van der Waals surface area contributed by atoms with E-state index in [0.29, 0.717) is 6.54 Å². The van der Waals surface area contributed by atoms with Crippen molar-refractivity contribution >= 4 is 0 Å². The molecule has 0 saturated carbocycles. The molecular weight excluding hydrogens is 276 g/mol. The van der Waals surface area contributed by atoms with Crippen LogP contribution in [0.15, 0.2) is 23.3 Å². The molecule has 0 radical (unpaired) electrons. The van der Waals surface area contributed by atoms with E-state index in [0.717, 1.165) is 42.2 Å². The number of H-pyrrole nitrogens is 1. The van der Waals surface area contributed by atoms with Crippen molar-refractivity contribution in [1.82, 2.24) is 19.9 Å². The van der Waals surface area contributed by atoms with E-state index in [-0.39, 0.29) is 11.5 Å². The summed E-state index contributed by atoms with van der Waals surface area (Å²) in [6.07, 6.45) is 4.59. The minimum atomic E-state index is 0.0146. The molecule has 1 aliphatic rings. The largest absolute Gasteiger partial charge is 0.310 e. The van der Waals surface area contributed by atoms with Crippen molar-refractivity contribution in [2.24, 2.45) is 0 Å². The van der Waals surface area contributed by atoms with E-state index in [9.17, 15) is 4.79 Å². The van der Waals surface area contributed by atoms with Crippen LogP contribution in [0.3, 0.4) is 0 Å². The number of pyridine rings is 1. The molecule has 0 aromatic carbocycles. The van der Waals surface area contributed by atoms with E-state index >= 15 is 0 Å². The topological polar surface area (TPSA) is 61.9 Å². The Hall–Kier alpha value is -2.01. The van der Waals surface area contributed by atoms with E-state index in [1.165, 1.54) is 5.56 Å². The summed E-state index contributed by atoms with van der Waals surface area (Å²) in [5.74, 6) is 1.04. The van der Waals surface area contributed by atoms with Gasteiger partial charge >= 0.3 is 0 Å². The zero-order chi connectivity index (χ0) is 15.7. The SMILES string of the molecule is Cc1cncc(CN2CCc3nc(C(C)C)[nH]c(=O)c3C2)c1. The third-order valence-corrected chi connectivity index (χ3v) is 4.05. The Bertz CT molecular complexity index is 736. The van der Waals surface area contributed by atoms with Crippen molar-refractivity contribution in [3.63, 3.8) is 0 Å². The molecule has 3 heterocycles. The van der Waals surface area contributed by atoms with Crippen LogP contribution in [0.25, 0.3) is 0 Å². The number of hydrogen-bond acceptors (Lipinski definition) is 4. The molecule has 2 aromatic heterocycles. The number of rotatable bonds is 3. The molecule has 0 fully saturated rings. The van der Waals surface area contributed by atoms with Crippen molar-refractivity contribution in [2.75, 3.05) is 6.54 Å². The lowest BCUT2D eigenvalue weighted by atomic mass is 10.1. The summed E-state index contributed by atoms with van der Waals surface area (Å²) >= 11 is 0. The lowest BCUT2D eigenvalue weighted by Gasteiger charge is -2.28. The highest BCUT2D eigenvalue weighted by Gasteiger charge is 2.21. The maximum absolute atomic E-state index is 12.3. The molecule has 2 aromatic rings. The highest BCUT2D eigenvalue weighted by atomic mass is 16.1. The number of fused-ring (bicyclic) bond motifs is 1. The highest BCUT2D eigenvalue weighted by Crippen LogP contribution is 2.18. The van der Waals surface area contributed by atoms with Crippen LogP contribution in [0.4, 0.5) is 0 Å². The number of nitrogens with one attached hydrogen (secondary N) is 1. The van der Waals surface area contributed by atoms with Gasteiger partial charge < -0.3 is 4.98 Å². The zero-order valence-electron chi connectivity index (χ0n) is 13.4. The van der Waals surface area contributed by atoms with Crippen LogP contribution in [0.5, 0.6) is 0 Å². The fraction of sp³-hybridized carbons (Fsp3) is 0.471. The van der Waals surface area contributed by atoms with Crippen LogP contribution in [0, 0.1) is 6.92 Å². The van der Waals surface area contributed by atoms with Gasteiger partial charge in [-0.25, -0.2) is 4.98 Å². The normalized spacial score (nSPS) is 15.1. The van der Waals surface area contributed by atoms with Crippen LogP contribution >= 0.6 is 0 Å². The standard InChI is InChI=1S/C17H22N4O/c1-11(2)16-19-15-4-5-21(10-14(15)17(22)20-16)9-13-6-12(3)7-18-8-13/h6-8,11H,4-5,9-10H2,1-3H3,(H,19,20,22). The van der Waals surface area contributed by atoms with Gasteiger partial charge in [0, 0.05) is 44.4 Å². The molecule has 116 valence electrons. The highest BCUT2D eigenvalue weighted by molar-refractivity contribution is 5.23. The van der Waals surface area contributed by atoms with E-state index in [4.69, 9.17) is 0 Å². The van der Waals surface area contributed by atoms with Crippen LogP contribution in [0.2, 0.25) is 0 Å². The second-order valence-corrected chi connectivity index (χ2v) is 6.36. The number of aryl methyl sites for hydroxylation is 1. The van der Waals surface area contributed by atoms with Gasteiger partial charge in [0.25, 0.3) is 5.56 Å². The van der Waals surface area contributed by atoms with Gasteiger partial charge in [-0.1, -0.05) is 19.9 Å². The lowest BCUT2D eigenvalue weighted by molar-refractivity contribution is 0.241. The average molecular weight is 298 g/mol. The molecule has 0 spiro atoms. The maximum atomic E-state index is 12.3. The summed E-state index contributed by atoms with van der Waals surface area (Å²) in [4.78, 5) is 26.4. The predicted octanol–water partition coefficient (Wildman–Crippen LogP) is 2.16.